The highest BCUT2D eigenvalue weighted by molar-refractivity contribution is 5.10. The molecule has 0 bridgehead atoms. The Morgan fingerprint density at radius 3 is 2.58 bits per heavy atom. The minimum atomic E-state index is 0.101. The van der Waals surface area contributed by atoms with Gasteiger partial charge in [-0.3, -0.25) is 4.79 Å². The van der Waals surface area contributed by atoms with Gasteiger partial charge < -0.3 is 4.57 Å². The fraction of sp³-hybridized carbons (Fsp3) is 0.500. The topological polar surface area (TPSA) is 22.0 Å². The van der Waals surface area contributed by atoms with Gasteiger partial charge in [-0.05, 0) is 31.9 Å². The van der Waals surface area contributed by atoms with E-state index in [9.17, 15) is 4.79 Å². The van der Waals surface area contributed by atoms with Crippen LogP contribution in [0.4, 0.5) is 0 Å². The van der Waals surface area contributed by atoms with Gasteiger partial charge in [0.25, 0.3) is 5.56 Å². The van der Waals surface area contributed by atoms with Crippen LogP contribution in [0.2, 0.25) is 0 Å². The standard InChI is InChI=1S/C10H15NO/c1-4-9-5-6-11(8(2)3)10(12)7-9/h5-8H,4H2,1-3H3. The lowest BCUT2D eigenvalue weighted by atomic mass is 10.2. The molecule has 1 heterocycles. The molecule has 0 aliphatic heterocycles. The van der Waals surface area contributed by atoms with Crippen LogP contribution in [0, 0.1) is 0 Å². The molecule has 1 rings (SSSR count). The minimum absolute atomic E-state index is 0.101. The Morgan fingerprint density at radius 2 is 2.17 bits per heavy atom. The lowest BCUT2D eigenvalue weighted by Crippen LogP contribution is -2.20. The first-order valence-corrected chi connectivity index (χ1v) is 4.36. The third-order valence-electron chi connectivity index (χ3n) is 1.98. The normalized spacial score (nSPS) is 10.7. The van der Waals surface area contributed by atoms with Crippen molar-refractivity contribution in [3.8, 4) is 0 Å². The zero-order chi connectivity index (χ0) is 9.14. The highest BCUT2D eigenvalue weighted by atomic mass is 16.1. The Bertz CT molecular complexity index is 312. The van der Waals surface area contributed by atoms with Crippen LogP contribution >= 0.6 is 0 Å². The van der Waals surface area contributed by atoms with Gasteiger partial charge in [-0.25, -0.2) is 0 Å². The van der Waals surface area contributed by atoms with Crippen molar-refractivity contribution in [1.82, 2.24) is 4.57 Å². The molecule has 0 aliphatic rings. The molecule has 66 valence electrons. The van der Waals surface area contributed by atoms with E-state index in [0.29, 0.717) is 0 Å². The van der Waals surface area contributed by atoms with Crippen LogP contribution in [0.1, 0.15) is 32.4 Å². The zero-order valence-electron chi connectivity index (χ0n) is 7.87. The molecule has 0 radical (unpaired) electrons. The maximum absolute atomic E-state index is 11.4. The van der Waals surface area contributed by atoms with Crippen LogP contribution in [-0.2, 0) is 6.42 Å². The fourth-order valence-corrected chi connectivity index (χ4v) is 1.18. The quantitative estimate of drug-likeness (QED) is 0.657. The van der Waals surface area contributed by atoms with E-state index in [1.807, 2.05) is 26.1 Å². The first-order valence-electron chi connectivity index (χ1n) is 4.36. The summed E-state index contributed by atoms with van der Waals surface area (Å²) in [7, 11) is 0. The van der Waals surface area contributed by atoms with Crippen molar-refractivity contribution in [1.29, 1.82) is 0 Å². The number of hydrogen-bond acceptors (Lipinski definition) is 1. The van der Waals surface area contributed by atoms with E-state index in [1.165, 1.54) is 0 Å². The Hall–Kier alpha value is -1.05. The second kappa shape index (κ2) is 3.57. The Morgan fingerprint density at radius 1 is 1.50 bits per heavy atom. The molecule has 12 heavy (non-hydrogen) atoms. The second-order valence-corrected chi connectivity index (χ2v) is 3.23. The molecular weight excluding hydrogens is 150 g/mol. The monoisotopic (exact) mass is 165 g/mol. The van der Waals surface area contributed by atoms with Gasteiger partial charge in [0.05, 0.1) is 0 Å². The summed E-state index contributed by atoms with van der Waals surface area (Å²) in [5.41, 5.74) is 1.21. The predicted molar refractivity (Wildman–Crippen MR) is 50.5 cm³/mol. The Labute approximate surface area is 72.8 Å². The average Bonchev–Trinajstić information content (AvgIpc) is 2.03. The third-order valence-corrected chi connectivity index (χ3v) is 1.98. The van der Waals surface area contributed by atoms with E-state index in [4.69, 9.17) is 0 Å². The first kappa shape index (κ1) is 9.04. The largest absolute Gasteiger partial charge is 0.313 e. The molecule has 1 aromatic rings. The summed E-state index contributed by atoms with van der Waals surface area (Å²) in [6, 6.07) is 3.96. The van der Waals surface area contributed by atoms with Gasteiger partial charge in [0, 0.05) is 18.3 Å². The predicted octanol–water partition coefficient (Wildman–Crippen LogP) is 1.99. The maximum Gasteiger partial charge on any atom is 0.251 e. The smallest absolute Gasteiger partial charge is 0.251 e. The van der Waals surface area contributed by atoms with E-state index in [2.05, 4.69) is 6.92 Å². The number of rotatable bonds is 2. The van der Waals surface area contributed by atoms with Gasteiger partial charge in [-0.2, -0.15) is 0 Å². The molecule has 0 fully saturated rings. The van der Waals surface area contributed by atoms with Crippen molar-refractivity contribution in [3.05, 3.63) is 34.2 Å². The summed E-state index contributed by atoms with van der Waals surface area (Å²) >= 11 is 0. The van der Waals surface area contributed by atoms with Crippen molar-refractivity contribution in [2.75, 3.05) is 0 Å². The summed E-state index contributed by atoms with van der Waals surface area (Å²) in [5.74, 6) is 0. The summed E-state index contributed by atoms with van der Waals surface area (Å²) in [6.07, 6.45) is 2.79. The molecule has 0 aliphatic carbocycles. The van der Waals surface area contributed by atoms with Crippen molar-refractivity contribution < 1.29 is 0 Å². The molecule has 0 N–H and O–H groups in total. The van der Waals surface area contributed by atoms with E-state index >= 15 is 0 Å². The molecule has 2 heteroatoms. The summed E-state index contributed by atoms with van der Waals surface area (Å²) in [4.78, 5) is 11.4. The lowest BCUT2D eigenvalue weighted by molar-refractivity contribution is 0.577. The molecule has 1 aromatic heterocycles. The summed E-state index contributed by atoms with van der Waals surface area (Å²) < 4.78 is 1.74. The van der Waals surface area contributed by atoms with Gasteiger partial charge >= 0.3 is 0 Å². The highest BCUT2D eigenvalue weighted by Crippen LogP contribution is 2.01. The summed E-state index contributed by atoms with van der Waals surface area (Å²) in [6.45, 7) is 6.06. The lowest BCUT2D eigenvalue weighted by Gasteiger charge is -2.09. The first-order chi connectivity index (χ1) is 5.65. The number of pyridine rings is 1. The van der Waals surface area contributed by atoms with Crippen LogP contribution in [-0.4, -0.2) is 4.57 Å². The van der Waals surface area contributed by atoms with Crippen LogP contribution in [0.25, 0.3) is 0 Å². The van der Waals surface area contributed by atoms with Crippen LogP contribution < -0.4 is 5.56 Å². The van der Waals surface area contributed by atoms with Gasteiger partial charge in [-0.15, -0.1) is 0 Å². The number of aryl methyl sites for hydroxylation is 1. The molecule has 0 atom stereocenters. The minimum Gasteiger partial charge on any atom is -0.313 e. The molecule has 0 saturated carbocycles. The van der Waals surface area contributed by atoms with E-state index in [-0.39, 0.29) is 11.6 Å². The average molecular weight is 165 g/mol. The summed E-state index contributed by atoms with van der Waals surface area (Å²) in [5, 5.41) is 0. The Kier molecular flexibility index (Phi) is 2.69. The van der Waals surface area contributed by atoms with Gasteiger partial charge in [0.1, 0.15) is 0 Å². The van der Waals surface area contributed by atoms with Crippen molar-refractivity contribution in [3.63, 3.8) is 0 Å². The molecule has 2 nitrogen and oxygen atoms in total. The molecule has 0 unspecified atom stereocenters. The van der Waals surface area contributed by atoms with Crippen LogP contribution in [0.15, 0.2) is 23.1 Å². The van der Waals surface area contributed by atoms with Gasteiger partial charge in [0.2, 0.25) is 0 Å². The Balaban J connectivity index is 3.12. The van der Waals surface area contributed by atoms with Crippen molar-refractivity contribution >= 4 is 0 Å². The number of hydrogen-bond donors (Lipinski definition) is 0. The maximum atomic E-state index is 11.4. The van der Waals surface area contributed by atoms with Crippen molar-refractivity contribution in [2.45, 2.75) is 33.2 Å². The number of aromatic nitrogens is 1. The van der Waals surface area contributed by atoms with Crippen LogP contribution in [0.3, 0.4) is 0 Å². The second-order valence-electron chi connectivity index (χ2n) is 3.23. The zero-order valence-corrected chi connectivity index (χ0v) is 7.87. The molecule has 0 spiro atoms. The third kappa shape index (κ3) is 1.76. The molecule has 0 amide bonds. The SMILES string of the molecule is CCc1ccn(C(C)C)c(=O)c1. The van der Waals surface area contributed by atoms with Gasteiger partial charge in [0.15, 0.2) is 0 Å². The van der Waals surface area contributed by atoms with Crippen molar-refractivity contribution in [2.24, 2.45) is 0 Å². The molecule has 0 saturated heterocycles. The fourth-order valence-electron chi connectivity index (χ4n) is 1.18. The molecule has 0 aromatic carbocycles. The van der Waals surface area contributed by atoms with E-state index < -0.39 is 0 Å². The van der Waals surface area contributed by atoms with Gasteiger partial charge in [-0.1, -0.05) is 6.92 Å². The molecular formula is C10H15NO. The van der Waals surface area contributed by atoms with E-state index in [1.54, 1.807) is 10.6 Å². The number of nitrogens with zero attached hydrogens (tertiary/aromatic N) is 1. The van der Waals surface area contributed by atoms with Crippen LogP contribution in [0.5, 0.6) is 0 Å². The highest BCUT2D eigenvalue weighted by Gasteiger charge is 1.99. The van der Waals surface area contributed by atoms with E-state index in [0.717, 1.165) is 12.0 Å².